The smallest absolute Gasteiger partial charge is 0.220 e. The van der Waals surface area contributed by atoms with Gasteiger partial charge in [0.25, 0.3) is 0 Å². The number of nitrogens with one attached hydrogen (secondary N) is 2. The number of hydrogen-bond donors (Lipinski definition) is 2. The highest BCUT2D eigenvalue weighted by Gasteiger charge is 2.23. The number of unbranched alkanes of at least 4 members (excludes halogenated alkanes) is 2. The van der Waals surface area contributed by atoms with Crippen molar-refractivity contribution in [3.63, 3.8) is 0 Å². The first-order valence-corrected chi connectivity index (χ1v) is 9.70. The van der Waals surface area contributed by atoms with Gasteiger partial charge >= 0.3 is 0 Å². The van der Waals surface area contributed by atoms with Gasteiger partial charge < -0.3 is 15.0 Å². The molecule has 0 radical (unpaired) electrons. The summed E-state index contributed by atoms with van der Waals surface area (Å²) in [6, 6.07) is 16.2. The zero-order chi connectivity index (χ0) is 19.1. The minimum atomic E-state index is -0.0662. The topological polar surface area (TPSA) is 54.1 Å². The number of fused-ring (bicyclic) bond motifs is 1. The molecule has 1 atom stereocenters. The minimum Gasteiger partial charge on any atom is -0.496 e. The van der Waals surface area contributed by atoms with E-state index in [0.717, 1.165) is 53.6 Å². The summed E-state index contributed by atoms with van der Waals surface area (Å²) in [6.45, 7) is 2.90. The Bertz CT molecular complexity index is 885. The maximum absolute atomic E-state index is 12.7. The van der Waals surface area contributed by atoms with Crippen LogP contribution in [0, 0.1) is 0 Å². The van der Waals surface area contributed by atoms with Gasteiger partial charge in [-0.15, -0.1) is 0 Å². The predicted molar refractivity (Wildman–Crippen MR) is 110 cm³/mol. The number of benzene rings is 2. The fourth-order valence-electron chi connectivity index (χ4n) is 3.58. The summed E-state index contributed by atoms with van der Waals surface area (Å²) in [7, 11) is 1.68. The largest absolute Gasteiger partial charge is 0.496 e. The van der Waals surface area contributed by atoms with Crippen molar-refractivity contribution in [2.45, 2.75) is 38.5 Å². The van der Waals surface area contributed by atoms with E-state index in [-0.39, 0.29) is 11.8 Å². The third kappa shape index (κ3) is 4.51. The Morgan fingerprint density at radius 3 is 2.67 bits per heavy atom. The van der Waals surface area contributed by atoms with Crippen LogP contribution < -0.4 is 10.1 Å². The highest BCUT2D eigenvalue weighted by atomic mass is 16.5. The molecule has 0 saturated carbocycles. The maximum Gasteiger partial charge on any atom is 0.220 e. The fourth-order valence-corrected chi connectivity index (χ4v) is 3.58. The molecule has 2 aromatic carbocycles. The molecule has 0 aliphatic carbocycles. The lowest BCUT2D eigenvalue weighted by Gasteiger charge is -2.19. The first kappa shape index (κ1) is 19.0. The summed E-state index contributed by atoms with van der Waals surface area (Å²) < 4.78 is 5.59. The molecule has 0 bridgehead atoms. The number of amides is 1. The zero-order valence-corrected chi connectivity index (χ0v) is 16.1. The second kappa shape index (κ2) is 9.26. The average molecular weight is 364 g/mol. The molecule has 0 spiro atoms. The molecule has 3 aromatic rings. The number of H-pyrrole nitrogens is 1. The SMILES string of the molecule is CCCCCNC(=O)CC(c1ccccc1OC)c1c[nH]c2ccccc12. The van der Waals surface area contributed by atoms with Crippen LogP contribution in [-0.4, -0.2) is 24.5 Å². The standard InChI is InChI=1S/C23H28N2O2/c1-3-4-9-14-24-23(26)15-19(18-11-6-8-13-22(18)27-2)20-16-25-21-12-7-5-10-17(20)21/h5-8,10-13,16,19,25H,3-4,9,14-15H2,1-2H3,(H,24,26). The van der Waals surface area contributed by atoms with Gasteiger partial charge in [-0.2, -0.15) is 0 Å². The Morgan fingerprint density at radius 1 is 1.07 bits per heavy atom. The van der Waals surface area contributed by atoms with Gasteiger partial charge in [0.05, 0.1) is 7.11 Å². The van der Waals surface area contributed by atoms with Crippen molar-refractivity contribution in [3.8, 4) is 5.75 Å². The van der Waals surface area contributed by atoms with Crippen molar-refractivity contribution in [1.29, 1.82) is 0 Å². The Hall–Kier alpha value is -2.75. The molecular formula is C23H28N2O2. The number of hydrogen-bond acceptors (Lipinski definition) is 2. The van der Waals surface area contributed by atoms with Gasteiger partial charge in [0.1, 0.15) is 5.75 Å². The molecular weight excluding hydrogens is 336 g/mol. The molecule has 27 heavy (non-hydrogen) atoms. The number of rotatable bonds is 9. The van der Waals surface area contributed by atoms with Crippen LogP contribution in [0.4, 0.5) is 0 Å². The van der Waals surface area contributed by atoms with Gasteiger partial charge in [-0.3, -0.25) is 4.79 Å². The van der Waals surface area contributed by atoms with Crippen LogP contribution in [0.25, 0.3) is 10.9 Å². The molecule has 2 N–H and O–H groups in total. The molecule has 1 amide bonds. The number of ether oxygens (including phenoxy) is 1. The quantitative estimate of drug-likeness (QED) is 0.525. The van der Waals surface area contributed by atoms with E-state index in [9.17, 15) is 4.79 Å². The maximum atomic E-state index is 12.7. The number of aromatic nitrogens is 1. The molecule has 0 saturated heterocycles. The minimum absolute atomic E-state index is 0.0662. The van der Waals surface area contributed by atoms with Crippen molar-refractivity contribution < 1.29 is 9.53 Å². The number of aromatic amines is 1. The molecule has 3 rings (SSSR count). The van der Waals surface area contributed by atoms with Gasteiger partial charge in [-0.05, 0) is 24.1 Å². The van der Waals surface area contributed by atoms with Gasteiger partial charge in [-0.1, -0.05) is 56.2 Å². The van der Waals surface area contributed by atoms with Crippen molar-refractivity contribution in [1.82, 2.24) is 10.3 Å². The van der Waals surface area contributed by atoms with Crippen molar-refractivity contribution >= 4 is 16.8 Å². The predicted octanol–water partition coefficient (Wildman–Crippen LogP) is 5.00. The van der Waals surface area contributed by atoms with E-state index in [0.29, 0.717) is 6.42 Å². The second-order valence-electron chi connectivity index (χ2n) is 6.85. The Kier molecular flexibility index (Phi) is 6.53. The molecule has 1 aromatic heterocycles. The van der Waals surface area contributed by atoms with Crippen LogP contribution in [0.5, 0.6) is 5.75 Å². The molecule has 0 fully saturated rings. The second-order valence-corrected chi connectivity index (χ2v) is 6.85. The molecule has 1 heterocycles. The lowest BCUT2D eigenvalue weighted by atomic mass is 9.87. The Morgan fingerprint density at radius 2 is 1.85 bits per heavy atom. The molecule has 4 heteroatoms. The number of methoxy groups -OCH3 is 1. The summed E-state index contributed by atoms with van der Waals surface area (Å²) in [6.07, 6.45) is 5.73. The molecule has 1 unspecified atom stereocenters. The Labute approximate surface area is 160 Å². The third-order valence-corrected chi connectivity index (χ3v) is 5.00. The van der Waals surface area contributed by atoms with Crippen LogP contribution in [0.1, 0.15) is 49.7 Å². The first-order valence-electron chi connectivity index (χ1n) is 9.70. The van der Waals surface area contributed by atoms with Gasteiger partial charge in [0.15, 0.2) is 0 Å². The van der Waals surface area contributed by atoms with Crippen molar-refractivity contribution in [2.75, 3.05) is 13.7 Å². The molecule has 142 valence electrons. The zero-order valence-electron chi connectivity index (χ0n) is 16.1. The van der Waals surface area contributed by atoms with E-state index >= 15 is 0 Å². The lowest BCUT2D eigenvalue weighted by molar-refractivity contribution is -0.121. The van der Waals surface area contributed by atoms with E-state index < -0.39 is 0 Å². The van der Waals surface area contributed by atoms with E-state index in [1.165, 1.54) is 0 Å². The third-order valence-electron chi connectivity index (χ3n) is 5.00. The van der Waals surface area contributed by atoms with Gasteiger partial charge in [0, 0.05) is 41.5 Å². The summed E-state index contributed by atoms with van der Waals surface area (Å²) in [5, 5.41) is 4.22. The van der Waals surface area contributed by atoms with Gasteiger partial charge in [-0.25, -0.2) is 0 Å². The van der Waals surface area contributed by atoms with Crippen LogP contribution in [0.3, 0.4) is 0 Å². The highest BCUT2D eigenvalue weighted by Crippen LogP contribution is 2.37. The number of carbonyl (C=O) groups excluding carboxylic acids is 1. The Balaban J connectivity index is 1.91. The van der Waals surface area contributed by atoms with Crippen LogP contribution in [0.2, 0.25) is 0 Å². The van der Waals surface area contributed by atoms with E-state index in [1.54, 1.807) is 7.11 Å². The first-order chi connectivity index (χ1) is 13.2. The van der Waals surface area contributed by atoms with Gasteiger partial charge in [0.2, 0.25) is 5.91 Å². The normalized spacial score (nSPS) is 12.1. The highest BCUT2D eigenvalue weighted by molar-refractivity contribution is 5.86. The van der Waals surface area contributed by atoms with E-state index in [4.69, 9.17) is 4.74 Å². The molecule has 0 aliphatic rings. The fraction of sp³-hybridized carbons (Fsp3) is 0.348. The van der Waals surface area contributed by atoms with Crippen LogP contribution in [0.15, 0.2) is 54.7 Å². The lowest BCUT2D eigenvalue weighted by Crippen LogP contribution is -2.26. The molecule has 4 nitrogen and oxygen atoms in total. The summed E-state index contributed by atoms with van der Waals surface area (Å²) >= 11 is 0. The molecule has 0 aliphatic heterocycles. The van der Waals surface area contributed by atoms with Crippen LogP contribution in [-0.2, 0) is 4.79 Å². The van der Waals surface area contributed by atoms with Crippen molar-refractivity contribution in [2.24, 2.45) is 0 Å². The summed E-state index contributed by atoms with van der Waals surface area (Å²) in [4.78, 5) is 16.0. The summed E-state index contributed by atoms with van der Waals surface area (Å²) in [5.74, 6) is 0.822. The van der Waals surface area contributed by atoms with Crippen LogP contribution >= 0.6 is 0 Å². The summed E-state index contributed by atoms with van der Waals surface area (Å²) in [5.41, 5.74) is 3.24. The van der Waals surface area contributed by atoms with E-state index in [2.05, 4.69) is 35.4 Å². The monoisotopic (exact) mass is 364 g/mol. The average Bonchev–Trinajstić information content (AvgIpc) is 3.13. The van der Waals surface area contributed by atoms with E-state index in [1.807, 2.05) is 36.5 Å². The number of carbonyl (C=O) groups is 1. The number of para-hydroxylation sites is 2. The van der Waals surface area contributed by atoms with Crippen molar-refractivity contribution in [3.05, 3.63) is 65.9 Å².